The summed E-state index contributed by atoms with van der Waals surface area (Å²) < 4.78 is 0. The zero-order valence-corrected chi connectivity index (χ0v) is 17.9. The van der Waals surface area contributed by atoms with Crippen LogP contribution >= 0.6 is 23.1 Å². The Hall–Kier alpha value is -2.99. The minimum absolute atomic E-state index is 0.0834. The van der Waals surface area contributed by atoms with E-state index >= 15 is 0 Å². The summed E-state index contributed by atoms with van der Waals surface area (Å²) in [5.74, 6) is -0.0681. The maximum atomic E-state index is 12.5. The molecule has 1 fully saturated rings. The Balaban J connectivity index is 1.33. The third-order valence-electron chi connectivity index (χ3n) is 4.72. The first-order chi connectivity index (χ1) is 14.4. The molecule has 3 heterocycles. The topological polar surface area (TPSA) is 111 Å². The first-order valence-electron chi connectivity index (χ1n) is 9.07. The number of nitrogens with zero attached hydrogens (tertiary/aromatic N) is 6. The van der Waals surface area contributed by atoms with Crippen LogP contribution < -0.4 is 5.32 Å². The van der Waals surface area contributed by atoms with Gasteiger partial charge in [0.05, 0.1) is 18.6 Å². The van der Waals surface area contributed by atoms with E-state index in [0.717, 1.165) is 14.8 Å². The third-order valence-corrected chi connectivity index (χ3v) is 6.77. The minimum Gasteiger partial charge on any atom is -0.338 e. The molecule has 4 amide bonds. The van der Waals surface area contributed by atoms with Crippen LogP contribution in [-0.2, 0) is 15.3 Å². The van der Waals surface area contributed by atoms with Gasteiger partial charge in [-0.25, -0.2) is 9.79 Å². The van der Waals surface area contributed by atoms with E-state index in [4.69, 9.17) is 0 Å². The molecular weight excluding hydrogens is 426 g/mol. The quantitative estimate of drug-likeness (QED) is 0.668. The predicted octanol–water partition coefficient (Wildman–Crippen LogP) is 1.33. The van der Waals surface area contributed by atoms with Crippen LogP contribution in [0.3, 0.4) is 0 Å². The number of carbonyl (C=O) groups excluding carboxylic acids is 3. The number of aromatic nitrogens is 2. The number of urea groups is 1. The highest BCUT2D eigenvalue weighted by Crippen LogP contribution is 2.26. The Bertz CT molecular complexity index is 997. The van der Waals surface area contributed by atoms with E-state index in [-0.39, 0.29) is 18.4 Å². The van der Waals surface area contributed by atoms with Crippen molar-refractivity contribution < 1.29 is 14.4 Å². The number of imide groups is 1. The van der Waals surface area contributed by atoms with E-state index in [1.54, 1.807) is 18.8 Å². The van der Waals surface area contributed by atoms with Crippen molar-refractivity contribution in [3.8, 4) is 0 Å². The molecule has 0 bridgehead atoms. The summed E-state index contributed by atoms with van der Waals surface area (Å²) in [5, 5.41) is 12.0. The summed E-state index contributed by atoms with van der Waals surface area (Å²) in [4.78, 5) is 46.4. The van der Waals surface area contributed by atoms with E-state index < -0.39 is 18.2 Å². The van der Waals surface area contributed by atoms with Crippen molar-refractivity contribution in [3.63, 3.8) is 0 Å². The van der Waals surface area contributed by atoms with Crippen LogP contribution in [0.25, 0.3) is 0 Å². The molecule has 0 spiro atoms. The van der Waals surface area contributed by atoms with Gasteiger partial charge in [0.1, 0.15) is 5.01 Å². The Kier molecular flexibility index (Phi) is 5.68. The van der Waals surface area contributed by atoms with Crippen molar-refractivity contribution in [1.82, 2.24) is 24.9 Å². The van der Waals surface area contributed by atoms with Crippen LogP contribution in [0.2, 0.25) is 0 Å². The highest BCUT2D eigenvalue weighted by atomic mass is 32.2. The molecule has 1 N–H and O–H groups in total. The Morgan fingerprint density at radius 2 is 1.97 bits per heavy atom. The highest BCUT2D eigenvalue weighted by molar-refractivity contribution is 7.98. The molecular formula is C18H19N7O3S2. The molecule has 2 unspecified atom stereocenters. The minimum atomic E-state index is -0.712. The smallest absolute Gasteiger partial charge is 0.328 e. The summed E-state index contributed by atoms with van der Waals surface area (Å²) in [7, 11) is 3.00. The standard InChI is InChI=1S/C18H19N7O3S2/c1-23-15-14(16(27)24(2)18(23)28)25(10-19-15)8-12(26)20-17-22-21-13(30-17)9-29-11-6-4-3-5-7-11/h3-7,10,14-15H,8-9H2,1-2H3,(H,20,22,26). The van der Waals surface area contributed by atoms with Gasteiger partial charge in [-0.15, -0.1) is 22.0 Å². The number of aliphatic imine (C=N–C) groups is 1. The van der Waals surface area contributed by atoms with Gasteiger partial charge < -0.3 is 9.80 Å². The molecule has 4 rings (SSSR count). The molecule has 2 aliphatic rings. The van der Waals surface area contributed by atoms with Crippen molar-refractivity contribution in [2.45, 2.75) is 22.9 Å². The van der Waals surface area contributed by atoms with Gasteiger partial charge in [-0.3, -0.25) is 19.8 Å². The Morgan fingerprint density at radius 1 is 1.20 bits per heavy atom. The third kappa shape index (κ3) is 4.00. The number of benzene rings is 1. The zero-order valence-electron chi connectivity index (χ0n) is 16.3. The lowest BCUT2D eigenvalue weighted by Crippen LogP contribution is -2.64. The van der Waals surface area contributed by atoms with Crippen molar-refractivity contribution in [3.05, 3.63) is 35.3 Å². The number of rotatable bonds is 6. The van der Waals surface area contributed by atoms with Crippen molar-refractivity contribution >= 4 is 52.4 Å². The van der Waals surface area contributed by atoms with Gasteiger partial charge in [-0.2, -0.15) is 0 Å². The molecule has 1 aromatic carbocycles. The number of amides is 4. The summed E-state index contributed by atoms with van der Waals surface area (Å²) in [5.41, 5.74) is 0. The average Bonchev–Trinajstić information content (AvgIpc) is 3.37. The maximum Gasteiger partial charge on any atom is 0.328 e. The molecule has 2 atom stereocenters. The first kappa shape index (κ1) is 20.3. The number of thioether (sulfide) groups is 1. The van der Waals surface area contributed by atoms with Crippen molar-refractivity contribution in [1.29, 1.82) is 0 Å². The predicted molar refractivity (Wildman–Crippen MR) is 113 cm³/mol. The number of likely N-dealkylation sites (N-methyl/N-ethyl adjacent to an activating group) is 2. The summed E-state index contributed by atoms with van der Waals surface area (Å²) in [6, 6.07) is 8.83. The number of anilines is 1. The van der Waals surface area contributed by atoms with Gasteiger partial charge in [-0.1, -0.05) is 29.5 Å². The fraction of sp³-hybridized carbons (Fsp3) is 0.333. The summed E-state index contributed by atoms with van der Waals surface area (Å²) in [6.07, 6.45) is 0.815. The normalized spacial score (nSPS) is 20.7. The number of carbonyl (C=O) groups is 3. The lowest BCUT2D eigenvalue weighted by Gasteiger charge is -2.39. The van der Waals surface area contributed by atoms with Crippen LogP contribution in [0.5, 0.6) is 0 Å². The van der Waals surface area contributed by atoms with E-state index in [9.17, 15) is 14.4 Å². The monoisotopic (exact) mass is 445 g/mol. The second-order valence-electron chi connectivity index (χ2n) is 6.74. The lowest BCUT2D eigenvalue weighted by atomic mass is 10.1. The lowest BCUT2D eigenvalue weighted by molar-refractivity contribution is -0.136. The number of fused-ring (bicyclic) bond motifs is 1. The SMILES string of the molecule is CN1C(=O)C2C(N=CN2CC(=O)Nc2nnc(CSc3ccccc3)s2)N(C)C1=O. The summed E-state index contributed by atoms with van der Waals surface area (Å²) in [6.45, 7) is -0.0834. The molecule has 0 saturated carbocycles. The van der Waals surface area contributed by atoms with E-state index in [1.165, 1.54) is 34.5 Å². The molecule has 1 aromatic heterocycles. The summed E-state index contributed by atoms with van der Waals surface area (Å²) >= 11 is 2.95. The zero-order chi connectivity index (χ0) is 21.3. The number of nitrogens with one attached hydrogen (secondary N) is 1. The van der Waals surface area contributed by atoms with Crippen LogP contribution in [0.1, 0.15) is 5.01 Å². The fourth-order valence-corrected chi connectivity index (χ4v) is 4.85. The molecule has 2 aliphatic heterocycles. The molecule has 10 nitrogen and oxygen atoms in total. The molecule has 156 valence electrons. The van der Waals surface area contributed by atoms with E-state index in [2.05, 4.69) is 20.5 Å². The fourth-order valence-electron chi connectivity index (χ4n) is 3.19. The average molecular weight is 446 g/mol. The van der Waals surface area contributed by atoms with Crippen LogP contribution in [-0.4, -0.2) is 81.9 Å². The van der Waals surface area contributed by atoms with Crippen molar-refractivity contribution in [2.24, 2.45) is 4.99 Å². The Labute approximate surface area is 181 Å². The first-order valence-corrected chi connectivity index (χ1v) is 10.9. The number of hydrogen-bond acceptors (Lipinski definition) is 9. The highest BCUT2D eigenvalue weighted by Gasteiger charge is 2.48. The van der Waals surface area contributed by atoms with Crippen LogP contribution in [0.15, 0.2) is 40.2 Å². The van der Waals surface area contributed by atoms with Gasteiger partial charge in [0.2, 0.25) is 11.0 Å². The van der Waals surface area contributed by atoms with Gasteiger partial charge in [0.15, 0.2) is 12.2 Å². The molecule has 30 heavy (non-hydrogen) atoms. The molecule has 12 heteroatoms. The van der Waals surface area contributed by atoms with Crippen molar-refractivity contribution in [2.75, 3.05) is 26.0 Å². The molecule has 0 aliphatic carbocycles. The van der Waals surface area contributed by atoms with Gasteiger partial charge in [0, 0.05) is 19.0 Å². The van der Waals surface area contributed by atoms with Gasteiger partial charge in [0.25, 0.3) is 5.91 Å². The van der Waals surface area contributed by atoms with E-state index in [0.29, 0.717) is 10.9 Å². The van der Waals surface area contributed by atoms with Crippen LogP contribution in [0.4, 0.5) is 9.93 Å². The van der Waals surface area contributed by atoms with Gasteiger partial charge in [-0.05, 0) is 12.1 Å². The Morgan fingerprint density at radius 3 is 2.73 bits per heavy atom. The van der Waals surface area contributed by atoms with Gasteiger partial charge >= 0.3 is 6.03 Å². The van der Waals surface area contributed by atoms with Crippen LogP contribution in [0, 0.1) is 0 Å². The molecule has 0 radical (unpaired) electrons. The largest absolute Gasteiger partial charge is 0.338 e. The molecule has 1 saturated heterocycles. The second-order valence-corrected chi connectivity index (χ2v) is 8.85. The van der Waals surface area contributed by atoms with E-state index in [1.807, 2.05) is 30.3 Å². The number of hydrogen-bond donors (Lipinski definition) is 1. The second kappa shape index (κ2) is 8.40. The molecule has 2 aromatic rings. The maximum absolute atomic E-state index is 12.5.